The van der Waals surface area contributed by atoms with E-state index < -0.39 is 11.5 Å². The summed E-state index contributed by atoms with van der Waals surface area (Å²) in [4.78, 5) is 24.5. The maximum Gasteiger partial charge on any atom is 0.329 e. The fourth-order valence-corrected chi connectivity index (χ4v) is 2.11. The van der Waals surface area contributed by atoms with Crippen LogP contribution in [0.15, 0.2) is 11.4 Å². The summed E-state index contributed by atoms with van der Waals surface area (Å²) in [7, 11) is 1.45. The molecule has 1 heterocycles. The van der Waals surface area contributed by atoms with Gasteiger partial charge in [-0.2, -0.15) is 0 Å². The lowest BCUT2D eigenvalue weighted by Crippen LogP contribution is -2.50. The van der Waals surface area contributed by atoms with Crippen LogP contribution in [0.3, 0.4) is 0 Å². The molecule has 0 radical (unpaired) electrons. The van der Waals surface area contributed by atoms with E-state index >= 15 is 0 Å². The number of rotatable bonds is 3. The summed E-state index contributed by atoms with van der Waals surface area (Å²) < 4.78 is 0. The lowest BCUT2D eigenvalue weighted by atomic mass is 10.0. The number of likely N-dealkylation sites (N-methyl/N-ethyl adjacent to an activating group) is 1. The summed E-state index contributed by atoms with van der Waals surface area (Å²) in [6, 6.07) is 1.61. The molecule has 4 nitrogen and oxygen atoms in total. The Morgan fingerprint density at radius 1 is 1.50 bits per heavy atom. The zero-order valence-corrected chi connectivity index (χ0v) is 10.7. The molecule has 0 spiro atoms. The normalized spacial score (nSPS) is 11.2. The van der Waals surface area contributed by atoms with Crippen LogP contribution in [-0.4, -0.2) is 34.5 Å². The van der Waals surface area contributed by atoms with Crippen LogP contribution in [0.5, 0.6) is 0 Å². The molecule has 88 valence electrons. The summed E-state index contributed by atoms with van der Waals surface area (Å²) in [5, 5.41) is 11.0. The van der Waals surface area contributed by atoms with E-state index in [2.05, 4.69) is 0 Å². The summed E-state index contributed by atoms with van der Waals surface area (Å²) in [5.74, 6) is -1.44. The first-order valence-corrected chi connectivity index (χ1v) is 5.78. The molecule has 1 amide bonds. The van der Waals surface area contributed by atoms with Crippen molar-refractivity contribution in [3.8, 4) is 0 Å². The van der Waals surface area contributed by atoms with E-state index in [9.17, 15) is 9.59 Å². The maximum absolute atomic E-state index is 12.0. The molecule has 16 heavy (non-hydrogen) atoms. The molecule has 0 aromatic carbocycles. The molecule has 6 heteroatoms. The summed E-state index contributed by atoms with van der Waals surface area (Å²) in [6.45, 7) is 2.93. The molecule has 0 fully saturated rings. The third kappa shape index (κ3) is 2.20. The second-order valence-electron chi connectivity index (χ2n) is 3.83. The molecule has 0 saturated heterocycles. The van der Waals surface area contributed by atoms with Crippen molar-refractivity contribution < 1.29 is 14.7 Å². The van der Waals surface area contributed by atoms with E-state index in [-0.39, 0.29) is 5.91 Å². The molecule has 0 aliphatic rings. The van der Waals surface area contributed by atoms with Gasteiger partial charge in [0.05, 0.1) is 5.02 Å². The Morgan fingerprint density at radius 3 is 2.44 bits per heavy atom. The van der Waals surface area contributed by atoms with Gasteiger partial charge in [-0.15, -0.1) is 11.3 Å². The van der Waals surface area contributed by atoms with Crippen molar-refractivity contribution in [3.05, 3.63) is 21.3 Å². The van der Waals surface area contributed by atoms with Crippen molar-refractivity contribution in [1.82, 2.24) is 4.90 Å². The van der Waals surface area contributed by atoms with E-state index in [4.69, 9.17) is 16.7 Å². The van der Waals surface area contributed by atoms with Gasteiger partial charge in [0, 0.05) is 7.05 Å². The Balaban J connectivity index is 3.00. The minimum atomic E-state index is -1.26. The van der Waals surface area contributed by atoms with Crippen LogP contribution in [0.1, 0.15) is 23.5 Å². The SMILES string of the molecule is CN(C(=O)c1sccc1Cl)C(C)(C)C(=O)O. The smallest absolute Gasteiger partial charge is 0.329 e. The number of hydrogen-bond acceptors (Lipinski definition) is 3. The Hall–Kier alpha value is -1.07. The van der Waals surface area contributed by atoms with Crippen molar-refractivity contribution in [2.45, 2.75) is 19.4 Å². The number of amides is 1. The van der Waals surface area contributed by atoms with Gasteiger partial charge in [0.25, 0.3) is 5.91 Å². The minimum absolute atomic E-state index is 0.350. The number of carbonyl (C=O) groups excluding carboxylic acids is 1. The van der Waals surface area contributed by atoms with Gasteiger partial charge in [0.15, 0.2) is 0 Å². The number of hydrogen-bond donors (Lipinski definition) is 1. The van der Waals surface area contributed by atoms with Crippen LogP contribution in [0.25, 0.3) is 0 Å². The number of carboxylic acid groups (broad SMARTS) is 1. The van der Waals surface area contributed by atoms with Crippen molar-refractivity contribution in [1.29, 1.82) is 0 Å². The molecule has 0 bridgehead atoms. The lowest BCUT2D eigenvalue weighted by Gasteiger charge is -2.31. The molecule has 1 aromatic rings. The van der Waals surface area contributed by atoms with Crippen LogP contribution in [0.2, 0.25) is 5.02 Å². The van der Waals surface area contributed by atoms with Crippen LogP contribution < -0.4 is 0 Å². The standard InChI is InChI=1S/C10H12ClNO3S/c1-10(2,9(14)15)12(3)8(13)7-6(11)4-5-16-7/h4-5H,1-3H3,(H,14,15). The zero-order chi connectivity index (χ0) is 12.5. The molecule has 0 unspecified atom stereocenters. The largest absolute Gasteiger partial charge is 0.480 e. The number of thiophene rings is 1. The van der Waals surface area contributed by atoms with E-state index in [1.807, 2.05) is 0 Å². The first-order valence-electron chi connectivity index (χ1n) is 4.53. The Morgan fingerprint density at radius 2 is 2.06 bits per heavy atom. The number of carboxylic acids is 1. The Bertz CT molecular complexity index is 427. The summed E-state index contributed by atoms with van der Waals surface area (Å²) in [5.41, 5.74) is -1.26. The molecule has 0 aliphatic heterocycles. The van der Waals surface area contributed by atoms with Crippen LogP contribution in [-0.2, 0) is 4.79 Å². The molecular weight excluding hydrogens is 250 g/mol. The molecule has 1 aromatic heterocycles. The molecule has 1 N–H and O–H groups in total. The fourth-order valence-electron chi connectivity index (χ4n) is 0.996. The van der Waals surface area contributed by atoms with Crippen LogP contribution in [0.4, 0.5) is 0 Å². The topological polar surface area (TPSA) is 57.6 Å². The van der Waals surface area contributed by atoms with Gasteiger partial charge in [0.2, 0.25) is 0 Å². The molecule has 0 aliphatic carbocycles. The van der Waals surface area contributed by atoms with Gasteiger partial charge in [-0.1, -0.05) is 11.6 Å². The van der Waals surface area contributed by atoms with Crippen molar-refractivity contribution in [3.63, 3.8) is 0 Å². The van der Waals surface area contributed by atoms with Gasteiger partial charge in [-0.05, 0) is 25.3 Å². The van der Waals surface area contributed by atoms with E-state index in [1.165, 1.54) is 37.1 Å². The molecule has 1 rings (SSSR count). The fraction of sp³-hybridized carbons (Fsp3) is 0.400. The molecule has 0 saturated carbocycles. The Kier molecular flexibility index (Phi) is 3.60. The lowest BCUT2D eigenvalue weighted by molar-refractivity contribution is -0.147. The maximum atomic E-state index is 12.0. The number of halogens is 1. The average Bonchev–Trinajstić information content (AvgIpc) is 2.61. The number of aliphatic carboxylic acids is 1. The monoisotopic (exact) mass is 261 g/mol. The highest BCUT2D eigenvalue weighted by Crippen LogP contribution is 2.26. The predicted molar refractivity (Wildman–Crippen MR) is 63.1 cm³/mol. The van der Waals surface area contributed by atoms with Gasteiger partial charge >= 0.3 is 5.97 Å². The van der Waals surface area contributed by atoms with Crippen molar-refractivity contribution >= 4 is 34.8 Å². The molecular formula is C10H12ClNO3S. The first-order chi connectivity index (χ1) is 7.28. The Labute approximate surface area is 102 Å². The number of carbonyl (C=O) groups is 2. The highest BCUT2D eigenvalue weighted by molar-refractivity contribution is 7.12. The highest BCUT2D eigenvalue weighted by Gasteiger charge is 2.36. The van der Waals surface area contributed by atoms with Crippen LogP contribution >= 0.6 is 22.9 Å². The first kappa shape index (κ1) is 13.0. The van der Waals surface area contributed by atoms with E-state index in [1.54, 1.807) is 11.4 Å². The number of nitrogens with zero attached hydrogens (tertiary/aromatic N) is 1. The van der Waals surface area contributed by atoms with Gasteiger partial charge in [-0.25, -0.2) is 4.79 Å². The third-order valence-corrected chi connectivity index (χ3v) is 3.81. The highest BCUT2D eigenvalue weighted by atomic mass is 35.5. The van der Waals surface area contributed by atoms with Crippen LogP contribution in [0, 0.1) is 0 Å². The summed E-state index contributed by atoms with van der Waals surface area (Å²) in [6.07, 6.45) is 0. The van der Waals surface area contributed by atoms with E-state index in [0.29, 0.717) is 9.90 Å². The van der Waals surface area contributed by atoms with Gasteiger partial charge in [-0.3, -0.25) is 4.79 Å². The van der Waals surface area contributed by atoms with Gasteiger partial charge < -0.3 is 10.0 Å². The second-order valence-corrected chi connectivity index (χ2v) is 5.15. The quantitative estimate of drug-likeness (QED) is 0.909. The van der Waals surface area contributed by atoms with E-state index in [0.717, 1.165) is 0 Å². The molecule has 0 atom stereocenters. The predicted octanol–water partition coefficient (Wildman–Crippen LogP) is 2.34. The van der Waals surface area contributed by atoms with Gasteiger partial charge in [0.1, 0.15) is 10.4 Å². The second kappa shape index (κ2) is 4.43. The summed E-state index contributed by atoms with van der Waals surface area (Å²) >= 11 is 7.02. The average molecular weight is 262 g/mol. The minimum Gasteiger partial charge on any atom is -0.480 e. The third-order valence-electron chi connectivity index (χ3n) is 2.48. The van der Waals surface area contributed by atoms with Crippen molar-refractivity contribution in [2.75, 3.05) is 7.05 Å². The van der Waals surface area contributed by atoms with Crippen molar-refractivity contribution in [2.24, 2.45) is 0 Å². The zero-order valence-electron chi connectivity index (χ0n) is 9.15.